The molecule has 0 fully saturated rings. The molecule has 0 aromatic heterocycles. The molecule has 2 rings (SSSR count). The Labute approximate surface area is 183 Å². The van der Waals surface area contributed by atoms with Crippen LogP contribution in [-0.4, -0.2) is 50.4 Å². The van der Waals surface area contributed by atoms with E-state index in [9.17, 15) is 23.6 Å². The van der Waals surface area contributed by atoms with Crippen molar-refractivity contribution in [3.63, 3.8) is 0 Å². The Morgan fingerprint density at radius 1 is 1.00 bits per heavy atom. The van der Waals surface area contributed by atoms with Gasteiger partial charge in [-0.15, -0.1) is 0 Å². The van der Waals surface area contributed by atoms with Crippen LogP contribution in [0.15, 0.2) is 42.5 Å². The topological polar surface area (TPSA) is 125 Å². The first-order chi connectivity index (χ1) is 15.2. The number of nitrogens with zero attached hydrogens (tertiary/aromatic N) is 1. The second kappa shape index (κ2) is 11.4. The summed E-state index contributed by atoms with van der Waals surface area (Å²) >= 11 is 0. The minimum Gasteiger partial charge on any atom is -0.493 e. The highest BCUT2D eigenvalue weighted by molar-refractivity contribution is 5.96. The van der Waals surface area contributed by atoms with Gasteiger partial charge < -0.3 is 24.8 Å². The number of benzene rings is 2. The van der Waals surface area contributed by atoms with E-state index in [-0.39, 0.29) is 30.2 Å². The third-order valence-corrected chi connectivity index (χ3v) is 4.29. The first-order valence-electron chi connectivity index (χ1n) is 9.53. The molecule has 0 bridgehead atoms. The minimum atomic E-state index is -0.829. The normalized spacial score (nSPS) is 10.2. The van der Waals surface area contributed by atoms with Gasteiger partial charge in [0.15, 0.2) is 30.5 Å². The van der Waals surface area contributed by atoms with Gasteiger partial charge in [0, 0.05) is 24.2 Å². The Bertz CT molecular complexity index is 992. The van der Waals surface area contributed by atoms with Gasteiger partial charge in [-0.05, 0) is 49.4 Å². The second-order valence-corrected chi connectivity index (χ2v) is 6.61. The van der Waals surface area contributed by atoms with Crippen LogP contribution in [-0.2, 0) is 19.1 Å². The van der Waals surface area contributed by atoms with E-state index in [0.717, 1.165) is 12.1 Å². The van der Waals surface area contributed by atoms with Gasteiger partial charge in [0.1, 0.15) is 5.82 Å². The number of halogens is 1. The van der Waals surface area contributed by atoms with Crippen molar-refractivity contribution in [2.75, 3.05) is 31.8 Å². The third kappa shape index (κ3) is 7.08. The van der Waals surface area contributed by atoms with Crippen LogP contribution in [0.1, 0.15) is 23.7 Å². The molecule has 9 nitrogen and oxygen atoms in total. The molecule has 2 aromatic carbocycles. The van der Waals surface area contributed by atoms with Crippen LogP contribution in [0.2, 0.25) is 0 Å². The van der Waals surface area contributed by atoms with Crippen LogP contribution in [0.3, 0.4) is 0 Å². The third-order valence-electron chi connectivity index (χ3n) is 4.29. The highest BCUT2D eigenvalue weighted by Gasteiger charge is 2.19. The second-order valence-electron chi connectivity index (χ2n) is 6.61. The number of primary amides is 1. The molecule has 170 valence electrons. The van der Waals surface area contributed by atoms with Gasteiger partial charge in [0.2, 0.25) is 5.91 Å². The quantitative estimate of drug-likeness (QED) is 0.413. The number of hydrogen-bond acceptors (Lipinski definition) is 7. The van der Waals surface area contributed by atoms with Crippen molar-refractivity contribution in [1.29, 1.82) is 0 Å². The zero-order chi connectivity index (χ0) is 23.7. The predicted molar refractivity (Wildman–Crippen MR) is 112 cm³/mol. The lowest BCUT2D eigenvalue weighted by Crippen LogP contribution is -2.37. The number of ketones is 1. The molecule has 0 aliphatic rings. The van der Waals surface area contributed by atoms with Crippen LogP contribution in [0.4, 0.5) is 10.1 Å². The zero-order valence-electron chi connectivity index (χ0n) is 17.6. The van der Waals surface area contributed by atoms with E-state index in [2.05, 4.69) is 0 Å². The van der Waals surface area contributed by atoms with E-state index in [1.54, 1.807) is 0 Å². The number of esters is 1. The Kier molecular flexibility index (Phi) is 8.70. The van der Waals surface area contributed by atoms with Crippen molar-refractivity contribution in [2.45, 2.75) is 13.3 Å². The first-order valence-corrected chi connectivity index (χ1v) is 9.53. The highest BCUT2D eigenvalue weighted by atomic mass is 19.1. The Hall–Kier alpha value is -3.95. The number of carbonyl (C=O) groups is 4. The van der Waals surface area contributed by atoms with E-state index in [1.807, 2.05) is 0 Å². The summed E-state index contributed by atoms with van der Waals surface area (Å²) in [5.41, 5.74) is 5.88. The van der Waals surface area contributed by atoms with Gasteiger partial charge in [0.25, 0.3) is 5.91 Å². The molecule has 2 N–H and O–H groups in total. The summed E-state index contributed by atoms with van der Waals surface area (Å²) in [6.07, 6.45) is -0.129. The molecule has 0 saturated carbocycles. The van der Waals surface area contributed by atoms with Gasteiger partial charge in [0.05, 0.1) is 7.11 Å². The van der Waals surface area contributed by atoms with Crippen molar-refractivity contribution in [1.82, 2.24) is 0 Å². The smallest absolute Gasteiger partial charge is 0.344 e. The number of anilines is 1. The maximum absolute atomic E-state index is 13.2. The summed E-state index contributed by atoms with van der Waals surface area (Å²) in [4.78, 5) is 48.3. The Morgan fingerprint density at radius 2 is 1.69 bits per heavy atom. The molecule has 32 heavy (non-hydrogen) atoms. The lowest BCUT2D eigenvalue weighted by atomic mass is 10.1. The van der Waals surface area contributed by atoms with Crippen molar-refractivity contribution in [2.24, 2.45) is 5.73 Å². The molecule has 0 saturated heterocycles. The predicted octanol–water partition coefficient (Wildman–Crippen LogP) is 1.87. The van der Waals surface area contributed by atoms with E-state index in [0.29, 0.717) is 11.3 Å². The summed E-state index contributed by atoms with van der Waals surface area (Å²) in [7, 11) is 1.39. The molecule has 0 spiro atoms. The van der Waals surface area contributed by atoms with Gasteiger partial charge >= 0.3 is 5.97 Å². The molecule has 0 unspecified atom stereocenters. The van der Waals surface area contributed by atoms with Crippen molar-refractivity contribution in [3.05, 3.63) is 53.8 Å². The summed E-state index contributed by atoms with van der Waals surface area (Å²) in [5, 5.41) is 0. The number of Topliss-reactive ketones (excluding diaryl/α,β-unsaturated/α-hetero) is 1. The van der Waals surface area contributed by atoms with Crippen molar-refractivity contribution < 1.29 is 37.8 Å². The molecule has 2 amide bonds. The average molecular weight is 446 g/mol. The van der Waals surface area contributed by atoms with Gasteiger partial charge in [-0.1, -0.05) is 0 Å². The Morgan fingerprint density at radius 3 is 2.28 bits per heavy atom. The molecular weight excluding hydrogens is 423 g/mol. The molecule has 0 aliphatic carbocycles. The standard InChI is InChI=1S/C22H23FN2O7/c1-14(26)15-3-8-18(19(11-15)30-2)31-13-22(29)32-12-21(28)25(10-9-20(24)27)17-6-4-16(23)5-7-17/h3-8,11H,9-10,12-13H2,1-2H3,(H2,24,27). The number of amides is 2. The van der Waals surface area contributed by atoms with E-state index in [4.69, 9.17) is 19.9 Å². The molecule has 2 aromatic rings. The summed E-state index contributed by atoms with van der Waals surface area (Å²) in [5.74, 6) is -2.26. The maximum Gasteiger partial charge on any atom is 0.344 e. The fourth-order valence-electron chi connectivity index (χ4n) is 2.65. The summed E-state index contributed by atoms with van der Waals surface area (Å²) in [6.45, 7) is 0.204. The number of methoxy groups -OCH3 is 1. The van der Waals surface area contributed by atoms with Crippen LogP contribution in [0.25, 0.3) is 0 Å². The number of rotatable bonds is 11. The van der Waals surface area contributed by atoms with Gasteiger partial charge in [-0.2, -0.15) is 0 Å². The monoisotopic (exact) mass is 446 g/mol. The van der Waals surface area contributed by atoms with Crippen molar-refractivity contribution >= 4 is 29.3 Å². The Balaban J connectivity index is 1.96. The number of carbonyl (C=O) groups excluding carboxylic acids is 4. The lowest BCUT2D eigenvalue weighted by Gasteiger charge is -2.22. The van der Waals surface area contributed by atoms with Gasteiger partial charge in [-0.3, -0.25) is 14.4 Å². The molecule has 10 heteroatoms. The molecule has 0 atom stereocenters. The van der Waals surface area contributed by atoms with Crippen molar-refractivity contribution in [3.8, 4) is 11.5 Å². The zero-order valence-corrected chi connectivity index (χ0v) is 17.6. The highest BCUT2D eigenvalue weighted by Crippen LogP contribution is 2.28. The van der Waals surface area contributed by atoms with Crippen LogP contribution >= 0.6 is 0 Å². The van der Waals surface area contributed by atoms with E-state index < -0.39 is 36.8 Å². The first kappa shape index (κ1) is 24.3. The number of hydrogen-bond donors (Lipinski definition) is 1. The molecule has 0 heterocycles. The van der Waals surface area contributed by atoms with E-state index in [1.165, 1.54) is 49.3 Å². The number of ether oxygens (including phenoxy) is 3. The summed E-state index contributed by atoms with van der Waals surface area (Å²) < 4.78 is 28.6. The SMILES string of the molecule is COc1cc(C(C)=O)ccc1OCC(=O)OCC(=O)N(CCC(N)=O)c1ccc(F)cc1. The maximum atomic E-state index is 13.2. The molecule has 0 aliphatic heterocycles. The lowest BCUT2D eigenvalue weighted by molar-refractivity contribution is -0.149. The van der Waals surface area contributed by atoms with Gasteiger partial charge in [-0.25, -0.2) is 9.18 Å². The minimum absolute atomic E-state index is 0.0620. The van der Waals surface area contributed by atoms with Crippen LogP contribution in [0.5, 0.6) is 11.5 Å². The molecular formula is C22H23FN2O7. The fourth-order valence-corrected chi connectivity index (χ4v) is 2.65. The number of nitrogens with two attached hydrogens (primary N) is 1. The largest absolute Gasteiger partial charge is 0.493 e. The van der Waals surface area contributed by atoms with Crippen LogP contribution < -0.4 is 20.1 Å². The van der Waals surface area contributed by atoms with E-state index >= 15 is 0 Å². The average Bonchev–Trinajstić information content (AvgIpc) is 2.77. The fraction of sp³-hybridized carbons (Fsp3) is 0.273. The van der Waals surface area contributed by atoms with Crippen LogP contribution in [0, 0.1) is 5.82 Å². The summed E-state index contributed by atoms with van der Waals surface area (Å²) in [6, 6.07) is 9.51. The molecule has 0 radical (unpaired) electrons.